The Balaban J connectivity index is 1.73. The number of benzene rings is 2. The van der Waals surface area contributed by atoms with Crippen molar-refractivity contribution >= 4 is 17.3 Å². The quantitative estimate of drug-likeness (QED) is 0.691. The Morgan fingerprint density at radius 1 is 1.25 bits per heavy atom. The average molecular weight is 329 g/mol. The maximum absolute atomic E-state index is 13.4. The third-order valence-corrected chi connectivity index (χ3v) is 4.01. The molecule has 124 valence electrons. The summed E-state index contributed by atoms with van der Waals surface area (Å²) < 4.78 is 13.4. The molecule has 0 aliphatic carbocycles. The van der Waals surface area contributed by atoms with E-state index in [4.69, 9.17) is 0 Å². The standard InChI is InChI=1S/C17H16FN3O3/c18-12-6-7-16(21(23)24)15(10-12)17(22)20-9-8-14(11-20)19-13-4-2-1-3-5-13/h1-7,10,14,19H,8-9,11H2/t14-/m0/s1. The summed E-state index contributed by atoms with van der Waals surface area (Å²) in [5, 5.41) is 14.4. The highest BCUT2D eigenvalue weighted by Crippen LogP contribution is 2.24. The lowest BCUT2D eigenvalue weighted by Gasteiger charge is -2.18. The van der Waals surface area contributed by atoms with Gasteiger partial charge in [0.25, 0.3) is 11.6 Å². The van der Waals surface area contributed by atoms with Crippen molar-refractivity contribution in [3.8, 4) is 0 Å². The van der Waals surface area contributed by atoms with Crippen LogP contribution in [0.1, 0.15) is 16.8 Å². The fourth-order valence-corrected chi connectivity index (χ4v) is 2.84. The van der Waals surface area contributed by atoms with Crippen molar-refractivity contribution in [3.05, 3.63) is 70.0 Å². The monoisotopic (exact) mass is 329 g/mol. The molecule has 0 bridgehead atoms. The Bertz CT molecular complexity index is 767. The summed E-state index contributed by atoms with van der Waals surface area (Å²) in [4.78, 5) is 24.5. The van der Waals surface area contributed by atoms with Gasteiger partial charge in [0.2, 0.25) is 0 Å². The van der Waals surface area contributed by atoms with Crippen molar-refractivity contribution in [2.45, 2.75) is 12.5 Å². The lowest BCUT2D eigenvalue weighted by molar-refractivity contribution is -0.385. The van der Waals surface area contributed by atoms with E-state index in [0.29, 0.717) is 13.1 Å². The van der Waals surface area contributed by atoms with Gasteiger partial charge in [0.1, 0.15) is 11.4 Å². The first-order valence-corrected chi connectivity index (χ1v) is 7.59. The van der Waals surface area contributed by atoms with Crippen LogP contribution in [0.2, 0.25) is 0 Å². The average Bonchev–Trinajstić information content (AvgIpc) is 3.03. The van der Waals surface area contributed by atoms with Crippen LogP contribution in [0.25, 0.3) is 0 Å². The third-order valence-electron chi connectivity index (χ3n) is 4.01. The summed E-state index contributed by atoms with van der Waals surface area (Å²) in [7, 11) is 0. The van der Waals surface area contributed by atoms with Gasteiger partial charge < -0.3 is 10.2 Å². The number of para-hydroxylation sites is 1. The van der Waals surface area contributed by atoms with Crippen LogP contribution in [-0.2, 0) is 0 Å². The second kappa shape index (κ2) is 6.66. The zero-order chi connectivity index (χ0) is 17.1. The van der Waals surface area contributed by atoms with E-state index in [2.05, 4.69) is 5.32 Å². The van der Waals surface area contributed by atoms with E-state index in [1.807, 2.05) is 30.3 Å². The minimum absolute atomic E-state index is 0.0592. The van der Waals surface area contributed by atoms with E-state index in [-0.39, 0.29) is 17.3 Å². The van der Waals surface area contributed by atoms with Crippen molar-refractivity contribution in [1.82, 2.24) is 4.90 Å². The van der Waals surface area contributed by atoms with Gasteiger partial charge in [0.05, 0.1) is 4.92 Å². The molecule has 24 heavy (non-hydrogen) atoms. The number of amides is 1. The van der Waals surface area contributed by atoms with Crippen molar-refractivity contribution in [1.29, 1.82) is 0 Å². The molecular weight excluding hydrogens is 313 g/mol. The highest BCUT2D eigenvalue weighted by molar-refractivity contribution is 5.98. The number of nitrogens with zero attached hydrogens (tertiary/aromatic N) is 2. The Kier molecular flexibility index (Phi) is 4.41. The molecule has 2 aromatic carbocycles. The van der Waals surface area contributed by atoms with Crippen molar-refractivity contribution in [3.63, 3.8) is 0 Å². The summed E-state index contributed by atoms with van der Waals surface area (Å²) in [6.45, 7) is 0.887. The van der Waals surface area contributed by atoms with Crippen LogP contribution < -0.4 is 5.32 Å². The van der Waals surface area contributed by atoms with E-state index in [9.17, 15) is 19.3 Å². The largest absolute Gasteiger partial charge is 0.380 e. The Labute approximate surface area is 138 Å². The first-order chi connectivity index (χ1) is 11.5. The molecular formula is C17H16FN3O3. The maximum Gasteiger partial charge on any atom is 0.282 e. The number of nitro groups is 1. The van der Waals surface area contributed by atoms with Gasteiger partial charge in [-0.25, -0.2) is 4.39 Å². The SMILES string of the molecule is O=C(c1cc(F)ccc1[N+](=O)[O-])N1CC[C@H](Nc2ccccc2)C1. The van der Waals surface area contributed by atoms with E-state index in [1.165, 1.54) is 4.90 Å². The van der Waals surface area contributed by atoms with Gasteiger partial charge in [-0.1, -0.05) is 18.2 Å². The summed E-state index contributed by atoms with van der Waals surface area (Å²) in [5.74, 6) is -1.18. The summed E-state index contributed by atoms with van der Waals surface area (Å²) in [6.07, 6.45) is 0.726. The summed E-state index contributed by atoms with van der Waals surface area (Å²) >= 11 is 0. The summed E-state index contributed by atoms with van der Waals surface area (Å²) in [6, 6.07) is 12.6. The Morgan fingerprint density at radius 2 is 2.00 bits per heavy atom. The molecule has 1 aliphatic heterocycles. The molecule has 6 nitrogen and oxygen atoms in total. The zero-order valence-electron chi connectivity index (χ0n) is 12.8. The molecule has 1 atom stereocenters. The molecule has 1 N–H and O–H groups in total. The van der Waals surface area contributed by atoms with E-state index >= 15 is 0 Å². The number of hydrogen-bond acceptors (Lipinski definition) is 4. The topological polar surface area (TPSA) is 75.5 Å². The number of nitrogens with one attached hydrogen (secondary N) is 1. The lowest BCUT2D eigenvalue weighted by atomic mass is 10.1. The Hall–Kier alpha value is -2.96. The molecule has 0 spiro atoms. The van der Waals surface area contributed by atoms with Gasteiger partial charge in [-0.15, -0.1) is 0 Å². The van der Waals surface area contributed by atoms with Crippen LogP contribution >= 0.6 is 0 Å². The third kappa shape index (κ3) is 3.34. The highest BCUT2D eigenvalue weighted by Gasteiger charge is 2.31. The minimum atomic E-state index is -0.665. The van der Waals surface area contributed by atoms with Gasteiger partial charge in [-0.3, -0.25) is 14.9 Å². The summed E-state index contributed by atoms with van der Waals surface area (Å²) in [5.41, 5.74) is 0.370. The number of hydrogen-bond donors (Lipinski definition) is 1. The predicted octanol–water partition coefficient (Wildman–Crippen LogP) is 3.06. The molecule has 0 saturated carbocycles. The fourth-order valence-electron chi connectivity index (χ4n) is 2.84. The molecule has 1 saturated heterocycles. The number of anilines is 1. The second-order valence-electron chi connectivity index (χ2n) is 5.67. The smallest absolute Gasteiger partial charge is 0.282 e. The molecule has 0 aromatic heterocycles. The molecule has 1 fully saturated rings. The first-order valence-electron chi connectivity index (χ1n) is 7.59. The van der Waals surface area contributed by atoms with Crippen LogP contribution in [0.4, 0.5) is 15.8 Å². The van der Waals surface area contributed by atoms with Gasteiger partial charge in [-0.05, 0) is 30.7 Å². The van der Waals surface area contributed by atoms with E-state index < -0.39 is 16.6 Å². The second-order valence-corrected chi connectivity index (χ2v) is 5.67. The number of rotatable bonds is 4. The van der Waals surface area contributed by atoms with Crippen molar-refractivity contribution in [2.75, 3.05) is 18.4 Å². The molecule has 2 aromatic rings. The predicted molar refractivity (Wildman–Crippen MR) is 87.4 cm³/mol. The molecule has 0 radical (unpaired) electrons. The van der Waals surface area contributed by atoms with Crippen LogP contribution in [0.15, 0.2) is 48.5 Å². The van der Waals surface area contributed by atoms with Gasteiger partial charge in [-0.2, -0.15) is 0 Å². The van der Waals surface area contributed by atoms with Gasteiger partial charge >= 0.3 is 0 Å². The lowest BCUT2D eigenvalue weighted by Crippen LogP contribution is -2.32. The molecule has 7 heteroatoms. The number of carbonyl (C=O) groups is 1. The first kappa shape index (κ1) is 15.9. The Morgan fingerprint density at radius 3 is 2.71 bits per heavy atom. The normalized spacial score (nSPS) is 16.9. The molecule has 1 amide bonds. The molecule has 3 rings (SSSR count). The molecule has 1 heterocycles. The maximum atomic E-state index is 13.4. The van der Waals surface area contributed by atoms with Gasteiger partial charge in [0.15, 0.2) is 0 Å². The van der Waals surface area contributed by atoms with Crippen LogP contribution in [0.5, 0.6) is 0 Å². The minimum Gasteiger partial charge on any atom is -0.380 e. The molecule has 1 aliphatic rings. The van der Waals surface area contributed by atoms with Gasteiger partial charge in [0, 0.05) is 30.9 Å². The van der Waals surface area contributed by atoms with Crippen LogP contribution in [0.3, 0.4) is 0 Å². The van der Waals surface area contributed by atoms with Crippen LogP contribution in [-0.4, -0.2) is 34.9 Å². The number of carbonyl (C=O) groups excluding carboxylic acids is 1. The number of nitro benzene ring substituents is 1. The van der Waals surface area contributed by atoms with Crippen molar-refractivity contribution < 1.29 is 14.1 Å². The van der Waals surface area contributed by atoms with Crippen LogP contribution in [0, 0.1) is 15.9 Å². The van der Waals surface area contributed by atoms with E-state index in [0.717, 1.165) is 30.3 Å². The van der Waals surface area contributed by atoms with Crippen molar-refractivity contribution in [2.24, 2.45) is 0 Å². The highest BCUT2D eigenvalue weighted by atomic mass is 19.1. The number of halogens is 1. The number of likely N-dealkylation sites (tertiary alicyclic amines) is 1. The zero-order valence-corrected chi connectivity index (χ0v) is 12.8. The van der Waals surface area contributed by atoms with E-state index in [1.54, 1.807) is 0 Å². The fraction of sp³-hybridized carbons (Fsp3) is 0.235. The molecule has 0 unspecified atom stereocenters.